The number of piperidine rings is 1. The molecule has 1 aromatic rings. The first-order valence-electron chi connectivity index (χ1n) is 8.82. The van der Waals surface area contributed by atoms with E-state index in [0.29, 0.717) is 24.3 Å². The molecule has 2 aliphatic heterocycles. The van der Waals surface area contributed by atoms with Gasteiger partial charge in [0.05, 0.1) is 12.2 Å². The Bertz CT molecular complexity index is 804. The van der Waals surface area contributed by atoms with Crippen LogP contribution in [0.2, 0.25) is 0 Å². The van der Waals surface area contributed by atoms with E-state index in [1.807, 2.05) is 0 Å². The van der Waals surface area contributed by atoms with Crippen molar-refractivity contribution in [3.8, 4) is 0 Å². The maximum absolute atomic E-state index is 14.7. The molecule has 27 heavy (non-hydrogen) atoms. The van der Waals surface area contributed by atoms with Crippen LogP contribution in [-0.4, -0.2) is 67.3 Å². The molecule has 1 aromatic carbocycles. The van der Waals surface area contributed by atoms with E-state index < -0.39 is 30.5 Å². The normalized spacial score (nSPS) is 28.8. The summed E-state index contributed by atoms with van der Waals surface area (Å²) in [6.07, 6.45) is -1.60. The van der Waals surface area contributed by atoms with Crippen LogP contribution in [0.3, 0.4) is 0 Å². The Morgan fingerprint density at radius 3 is 2.59 bits per heavy atom. The number of carbonyl (C=O) groups excluding carboxylic acids is 3. The highest BCUT2D eigenvalue weighted by atomic mass is 19.1. The number of carbonyl (C=O) groups is 3. The van der Waals surface area contributed by atoms with Crippen LogP contribution in [0.15, 0.2) is 18.2 Å². The Kier molecular flexibility index (Phi) is 4.26. The smallest absolute Gasteiger partial charge is 0.415 e. The van der Waals surface area contributed by atoms with Crippen LogP contribution in [0.1, 0.15) is 11.5 Å². The van der Waals surface area contributed by atoms with Gasteiger partial charge in [-0.1, -0.05) is 6.07 Å². The second kappa shape index (κ2) is 6.49. The first kappa shape index (κ1) is 17.7. The minimum Gasteiger partial charge on any atom is -0.434 e. The second-order valence-electron chi connectivity index (χ2n) is 7.11. The molecule has 1 aliphatic carbocycles. The standard InChI is InChI=1S/C18H20FN3O5/c1-20-17(25)14-7-22(18(26)27-14)9-2-3-10(13(19)4-9)16-11-5-21(6-12(11)16)15(24)8-23/h2-4,11-12,14,16,23H,5-8H2,1H3,(H,20,25)/t11-,12+,14-,16?/m1/s1. The van der Waals surface area contributed by atoms with Crippen molar-refractivity contribution in [2.75, 3.05) is 38.2 Å². The Morgan fingerprint density at radius 1 is 1.30 bits per heavy atom. The van der Waals surface area contributed by atoms with Gasteiger partial charge in [0, 0.05) is 20.1 Å². The van der Waals surface area contributed by atoms with E-state index in [2.05, 4.69) is 5.32 Å². The lowest BCUT2D eigenvalue weighted by atomic mass is 10.0. The number of likely N-dealkylation sites (tertiary alicyclic amines) is 1. The zero-order valence-electron chi connectivity index (χ0n) is 14.7. The third kappa shape index (κ3) is 2.91. The number of aliphatic hydroxyl groups excluding tert-OH is 1. The molecule has 0 aromatic heterocycles. The van der Waals surface area contributed by atoms with Crippen molar-refractivity contribution in [1.29, 1.82) is 0 Å². The van der Waals surface area contributed by atoms with Gasteiger partial charge in [0.1, 0.15) is 12.4 Å². The van der Waals surface area contributed by atoms with Crippen LogP contribution in [-0.2, 0) is 14.3 Å². The van der Waals surface area contributed by atoms with Crippen molar-refractivity contribution in [2.45, 2.75) is 12.0 Å². The molecule has 3 fully saturated rings. The van der Waals surface area contributed by atoms with Gasteiger partial charge in [-0.05, 0) is 35.4 Å². The SMILES string of the molecule is CNC(=O)[C@H]1CN(c2ccc(C3[C@H]4CN(C(=O)CO)C[C@@H]34)c(F)c2)C(=O)O1. The number of fused-ring (bicyclic) bond motifs is 1. The minimum absolute atomic E-state index is 0.0319. The maximum atomic E-state index is 14.7. The van der Waals surface area contributed by atoms with Crippen molar-refractivity contribution in [3.63, 3.8) is 0 Å². The van der Waals surface area contributed by atoms with Gasteiger partial charge in [0.15, 0.2) is 6.10 Å². The first-order chi connectivity index (χ1) is 12.9. The average Bonchev–Trinajstić information content (AvgIpc) is 2.99. The molecule has 3 aliphatic rings. The summed E-state index contributed by atoms with van der Waals surface area (Å²) in [7, 11) is 1.45. The highest BCUT2D eigenvalue weighted by Crippen LogP contribution is 2.58. The number of amides is 3. The Balaban J connectivity index is 1.45. The fourth-order valence-corrected chi connectivity index (χ4v) is 4.22. The number of hydrogen-bond acceptors (Lipinski definition) is 5. The van der Waals surface area contributed by atoms with E-state index in [9.17, 15) is 18.8 Å². The van der Waals surface area contributed by atoms with E-state index in [1.54, 1.807) is 17.0 Å². The number of nitrogens with zero attached hydrogens (tertiary/aromatic N) is 2. The van der Waals surface area contributed by atoms with Crippen LogP contribution in [0.5, 0.6) is 0 Å². The van der Waals surface area contributed by atoms with E-state index in [-0.39, 0.29) is 30.2 Å². The number of anilines is 1. The zero-order valence-corrected chi connectivity index (χ0v) is 14.7. The van der Waals surface area contributed by atoms with Gasteiger partial charge in [0.25, 0.3) is 5.91 Å². The summed E-state index contributed by atoms with van der Waals surface area (Å²) in [5.74, 6) is -0.662. The highest BCUT2D eigenvalue weighted by Gasteiger charge is 2.57. The lowest BCUT2D eigenvalue weighted by Gasteiger charge is -2.19. The van der Waals surface area contributed by atoms with Crippen molar-refractivity contribution in [3.05, 3.63) is 29.6 Å². The van der Waals surface area contributed by atoms with Gasteiger partial charge in [-0.3, -0.25) is 14.5 Å². The molecule has 2 N–H and O–H groups in total. The summed E-state index contributed by atoms with van der Waals surface area (Å²) in [5, 5.41) is 11.4. The molecule has 9 heteroatoms. The molecule has 0 bridgehead atoms. The zero-order chi connectivity index (χ0) is 19.3. The molecule has 1 saturated carbocycles. The summed E-state index contributed by atoms with van der Waals surface area (Å²) in [6, 6.07) is 4.59. The molecule has 8 nitrogen and oxygen atoms in total. The number of halogens is 1. The van der Waals surface area contributed by atoms with Gasteiger partial charge in [0.2, 0.25) is 5.91 Å². The van der Waals surface area contributed by atoms with Crippen molar-refractivity contribution < 1.29 is 28.6 Å². The topological polar surface area (TPSA) is 99.2 Å². The Labute approximate surface area is 154 Å². The molecular formula is C18H20FN3O5. The number of hydrogen-bond donors (Lipinski definition) is 2. The van der Waals surface area contributed by atoms with Gasteiger partial charge < -0.3 is 20.1 Å². The average molecular weight is 377 g/mol. The number of nitrogens with one attached hydrogen (secondary N) is 1. The number of cyclic esters (lactones) is 1. The van der Waals surface area contributed by atoms with Crippen LogP contribution in [0.4, 0.5) is 14.9 Å². The summed E-state index contributed by atoms with van der Waals surface area (Å²) in [5.41, 5.74) is 0.913. The van der Waals surface area contributed by atoms with Crippen molar-refractivity contribution in [1.82, 2.24) is 10.2 Å². The first-order valence-corrected chi connectivity index (χ1v) is 8.82. The Morgan fingerprint density at radius 2 is 2.00 bits per heavy atom. The highest BCUT2D eigenvalue weighted by molar-refractivity contribution is 5.95. The molecule has 144 valence electrons. The van der Waals surface area contributed by atoms with Gasteiger partial charge in [-0.25, -0.2) is 9.18 Å². The van der Waals surface area contributed by atoms with E-state index in [1.165, 1.54) is 18.0 Å². The van der Waals surface area contributed by atoms with Gasteiger partial charge >= 0.3 is 6.09 Å². The number of aliphatic hydroxyl groups is 1. The van der Waals surface area contributed by atoms with Crippen LogP contribution < -0.4 is 10.2 Å². The van der Waals surface area contributed by atoms with E-state index in [4.69, 9.17) is 9.84 Å². The van der Waals surface area contributed by atoms with E-state index in [0.717, 1.165) is 0 Å². The Hall–Kier alpha value is -2.68. The molecular weight excluding hydrogens is 357 g/mol. The summed E-state index contributed by atoms with van der Waals surface area (Å²) < 4.78 is 19.7. The number of rotatable bonds is 4. The van der Waals surface area contributed by atoms with Gasteiger partial charge in [-0.2, -0.15) is 0 Å². The predicted octanol–water partition coefficient (Wildman–Crippen LogP) is 0.0610. The van der Waals surface area contributed by atoms with Crippen molar-refractivity contribution >= 4 is 23.6 Å². The maximum Gasteiger partial charge on any atom is 0.415 e. The largest absolute Gasteiger partial charge is 0.434 e. The predicted molar refractivity (Wildman–Crippen MR) is 91.5 cm³/mol. The third-order valence-corrected chi connectivity index (χ3v) is 5.69. The van der Waals surface area contributed by atoms with Gasteiger partial charge in [-0.15, -0.1) is 0 Å². The molecule has 2 heterocycles. The fourth-order valence-electron chi connectivity index (χ4n) is 4.22. The number of likely N-dealkylation sites (N-methyl/N-ethyl adjacent to an activating group) is 1. The second-order valence-corrected chi connectivity index (χ2v) is 7.11. The summed E-state index contributed by atoms with van der Waals surface area (Å²) in [6.45, 7) is 0.588. The van der Waals surface area contributed by atoms with E-state index >= 15 is 0 Å². The fraction of sp³-hybridized carbons (Fsp3) is 0.500. The number of benzene rings is 1. The summed E-state index contributed by atoms with van der Waals surface area (Å²) in [4.78, 5) is 38.0. The lowest BCUT2D eigenvalue weighted by Crippen LogP contribution is -2.35. The summed E-state index contributed by atoms with van der Waals surface area (Å²) >= 11 is 0. The molecule has 0 radical (unpaired) electrons. The molecule has 1 unspecified atom stereocenters. The number of ether oxygens (including phenoxy) is 1. The minimum atomic E-state index is -0.914. The lowest BCUT2D eigenvalue weighted by molar-refractivity contribution is -0.133. The molecule has 4 rings (SSSR count). The molecule has 3 amide bonds. The van der Waals surface area contributed by atoms with Crippen LogP contribution in [0, 0.1) is 17.7 Å². The molecule has 0 spiro atoms. The van der Waals surface area contributed by atoms with Crippen LogP contribution in [0.25, 0.3) is 0 Å². The third-order valence-electron chi connectivity index (χ3n) is 5.69. The van der Waals surface area contributed by atoms with Crippen LogP contribution >= 0.6 is 0 Å². The quantitative estimate of drug-likeness (QED) is 0.773. The molecule has 2 saturated heterocycles. The molecule has 4 atom stereocenters. The van der Waals surface area contributed by atoms with Crippen molar-refractivity contribution in [2.24, 2.45) is 11.8 Å². The monoisotopic (exact) mass is 377 g/mol.